The summed E-state index contributed by atoms with van der Waals surface area (Å²) in [6, 6.07) is 11.9. The molecule has 0 bridgehead atoms. The lowest BCUT2D eigenvalue weighted by Gasteiger charge is -2.17. The van der Waals surface area contributed by atoms with Crippen LogP contribution < -0.4 is 5.32 Å². The molecule has 0 spiro atoms. The summed E-state index contributed by atoms with van der Waals surface area (Å²) in [4.78, 5) is 25.7. The van der Waals surface area contributed by atoms with Gasteiger partial charge in [-0.2, -0.15) is 0 Å². The van der Waals surface area contributed by atoms with Crippen molar-refractivity contribution < 1.29 is 14.3 Å². The molecule has 1 aromatic carbocycles. The Balaban J connectivity index is 2.31. The van der Waals surface area contributed by atoms with Gasteiger partial charge in [0.1, 0.15) is 5.00 Å². The van der Waals surface area contributed by atoms with Crippen molar-refractivity contribution >= 4 is 28.2 Å². The van der Waals surface area contributed by atoms with Crippen molar-refractivity contribution in [3.8, 4) is 0 Å². The maximum Gasteiger partial charge on any atom is 0.341 e. The largest absolute Gasteiger partial charge is 0.462 e. The first-order chi connectivity index (χ1) is 12.2. The van der Waals surface area contributed by atoms with Crippen molar-refractivity contribution in [1.82, 2.24) is 0 Å². The number of ether oxygens (including phenoxy) is 1. The fraction of sp³-hybridized carbons (Fsp3) is 0.429. The summed E-state index contributed by atoms with van der Waals surface area (Å²) in [5.74, 6) is -0.368. The van der Waals surface area contributed by atoms with Gasteiger partial charge in [0.05, 0.1) is 12.2 Å². The molecule has 4 nitrogen and oxygen atoms in total. The van der Waals surface area contributed by atoms with Gasteiger partial charge in [0.2, 0.25) is 5.91 Å². The van der Waals surface area contributed by atoms with Crippen LogP contribution in [0.25, 0.3) is 0 Å². The van der Waals surface area contributed by atoms with E-state index < -0.39 is 5.97 Å². The van der Waals surface area contributed by atoms with Crippen LogP contribution in [0.5, 0.6) is 0 Å². The molecule has 5 heteroatoms. The summed E-state index contributed by atoms with van der Waals surface area (Å²) < 4.78 is 5.17. The molecule has 1 atom stereocenters. The first-order valence-corrected chi connectivity index (χ1v) is 9.68. The predicted molar refractivity (Wildman–Crippen MR) is 107 cm³/mol. The average molecular weight is 374 g/mol. The number of thiophene rings is 1. The van der Waals surface area contributed by atoms with E-state index in [1.807, 2.05) is 45.0 Å². The van der Waals surface area contributed by atoms with E-state index in [2.05, 4.69) is 24.4 Å². The van der Waals surface area contributed by atoms with E-state index in [4.69, 9.17) is 4.74 Å². The lowest BCUT2D eigenvalue weighted by Crippen LogP contribution is -2.20. The van der Waals surface area contributed by atoms with Crippen LogP contribution in [0.3, 0.4) is 0 Å². The molecule has 0 saturated heterocycles. The van der Waals surface area contributed by atoms with Gasteiger partial charge < -0.3 is 10.1 Å². The third-order valence-electron chi connectivity index (χ3n) is 3.92. The van der Waals surface area contributed by atoms with Gasteiger partial charge in [0.25, 0.3) is 0 Å². The molecule has 1 amide bonds. The Hall–Kier alpha value is -2.14. The van der Waals surface area contributed by atoms with E-state index in [9.17, 15) is 9.59 Å². The maximum absolute atomic E-state index is 12.4. The molecule has 0 fully saturated rings. The lowest BCUT2D eigenvalue weighted by atomic mass is 9.92. The van der Waals surface area contributed by atoms with Crippen LogP contribution in [0.4, 0.5) is 5.00 Å². The van der Waals surface area contributed by atoms with Crippen molar-refractivity contribution in [3.63, 3.8) is 0 Å². The Morgan fingerprint density at radius 3 is 2.42 bits per heavy atom. The van der Waals surface area contributed by atoms with Gasteiger partial charge in [0.15, 0.2) is 0 Å². The fourth-order valence-corrected chi connectivity index (χ4v) is 3.78. The molecule has 2 aromatic rings. The summed E-state index contributed by atoms with van der Waals surface area (Å²) in [5, 5.41) is 3.48. The highest BCUT2D eigenvalue weighted by Gasteiger charge is 2.23. The highest BCUT2D eigenvalue weighted by molar-refractivity contribution is 7.16. The number of nitrogens with one attached hydrogen (secondary N) is 1. The van der Waals surface area contributed by atoms with Gasteiger partial charge in [-0.15, -0.1) is 11.3 Å². The smallest absolute Gasteiger partial charge is 0.341 e. The normalized spacial score (nSPS) is 12.5. The second-order valence-corrected chi connectivity index (χ2v) is 8.61. The molecule has 1 N–H and O–H groups in total. The van der Waals surface area contributed by atoms with Crippen LogP contribution in [0.15, 0.2) is 36.4 Å². The number of rotatable bonds is 6. The number of carbonyl (C=O) groups excluding carboxylic acids is 2. The van der Waals surface area contributed by atoms with Crippen molar-refractivity contribution in [3.05, 3.63) is 52.4 Å². The number of anilines is 1. The first kappa shape index (κ1) is 20.2. The summed E-state index contributed by atoms with van der Waals surface area (Å²) in [6.07, 6.45) is 0.386. The van der Waals surface area contributed by atoms with Crippen molar-refractivity contribution in [2.75, 3.05) is 11.9 Å². The highest BCUT2D eigenvalue weighted by Crippen LogP contribution is 2.37. The van der Waals surface area contributed by atoms with Gasteiger partial charge in [-0.1, -0.05) is 58.0 Å². The van der Waals surface area contributed by atoms with Crippen LogP contribution in [-0.4, -0.2) is 18.5 Å². The molecule has 0 aliphatic heterocycles. The van der Waals surface area contributed by atoms with Crippen LogP contribution in [0.2, 0.25) is 0 Å². The van der Waals surface area contributed by atoms with Gasteiger partial charge >= 0.3 is 5.97 Å². The number of benzene rings is 1. The van der Waals surface area contributed by atoms with Crippen molar-refractivity contribution in [2.24, 2.45) is 5.41 Å². The standard InChI is InChI=1S/C21H27NO3S/c1-6-25-20(24)16-12-17(14(2)15-10-8-7-9-11-15)26-19(16)22-18(23)13-21(3,4)5/h7-12,14H,6,13H2,1-5H3,(H,22,23)/t14-/m1/s1. The maximum atomic E-state index is 12.4. The molecule has 0 radical (unpaired) electrons. The molecule has 1 heterocycles. The predicted octanol–water partition coefficient (Wildman–Crippen LogP) is 5.45. The van der Waals surface area contributed by atoms with E-state index >= 15 is 0 Å². The Labute approximate surface area is 159 Å². The first-order valence-electron chi connectivity index (χ1n) is 8.87. The Kier molecular flexibility index (Phi) is 6.59. The molecule has 140 valence electrons. The molecule has 0 aliphatic carbocycles. The van der Waals surface area contributed by atoms with Crippen LogP contribution in [-0.2, 0) is 9.53 Å². The second kappa shape index (κ2) is 8.49. The molecule has 26 heavy (non-hydrogen) atoms. The molecule has 2 rings (SSSR count). The van der Waals surface area contributed by atoms with Gasteiger partial charge in [-0.25, -0.2) is 4.79 Å². The van der Waals surface area contributed by atoms with E-state index in [0.717, 1.165) is 10.4 Å². The molecule has 0 aliphatic rings. The summed E-state index contributed by atoms with van der Waals surface area (Å²) in [5.41, 5.74) is 1.47. The van der Waals surface area contributed by atoms with Crippen molar-refractivity contribution in [2.45, 2.75) is 47.0 Å². The Bertz CT molecular complexity index is 759. The zero-order valence-corrected chi connectivity index (χ0v) is 16.9. The molecule has 1 aromatic heterocycles. The molecular weight excluding hydrogens is 346 g/mol. The molecule has 0 unspecified atom stereocenters. The Morgan fingerprint density at radius 1 is 1.19 bits per heavy atom. The second-order valence-electron chi connectivity index (χ2n) is 7.53. The van der Waals surface area contributed by atoms with Gasteiger partial charge in [-0.05, 0) is 24.0 Å². The number of hydrogen-bond acceptors (Lipinski definition) is 4. The number of esters is 1. The zero-order chi connectivity index (χ0) is 19.3. The lowest BCUT2D eigenvalue weighted by molar-refractivity contribution is -0.117. The van der Waals surface area contributed by atoms with Gasteiger partial charge in [0, 0.05) is 17.2 Å². The van der Waals surface area contributed by atoms with Crippen LogP contribution in [0.1, 0.15) is 67.8 Å². The van der Waals surface area contributed by atoms with Crippen LogP contribution in [0, 0.1) is 5.41 Å². The van der Waals surface area contributed by atoms with Crippen LogP contribution >= 0.6 is 11.3 Å². The minimum Gasteiger partial charge on any atom is -0.462 e. The fourth-order valence-electron chi connectivity index (χ4n) is 2.64. The Morgan fingerprint density at radius 2 is 1.85 bits per heavy atom. The minimum atomic E-state index is -0.402. The molecule has 0 saturated carbocycles. The molecular formula is C21H27NO3S. The quantitative estimate of drug-likeness (QED) is 0.685. The topological polar surface area (TPSA) is 55.4 Å². The van der Waals surface area contributed by atoms with Gasteiger partial charge in [-0.3, -0.25) is 4.79 Å². The number of hydrogen-bond donors (Lipinski definition) is 1. The number of carbonyl (C=O) groups is 2. The minimum absolute atomic E-state index is 0.0937. The monoisotopic (exact) mass is 373 g/mol. The third kappa shape index (κ3) is 5.43. The van der Waals surface area contributed by atoms with E-state index in [1.165, 1.54) is 11.3 Å². The van der Waals surface area contributed by atoms with E-state index in [-0.39, 0.29) is 17.2 Å². The third-order valence-corrected chi connectivity index (χ3v) is 5.15. The number of amides is 1. The zero-order valence-electron chi connectivity index (χ0n) is 16.1. The summed E-state index contributed by atoms with van der Waals surface area (Å²) in [6.45, 7) is 10.2. The van der Waals surface area contributed by atoms with E-state index in [1.54, 1.807) is 6.92 Å². The van der Waals surface area contributed by atoms with Crippen molar-refractivity contribution in [1.29, 1.82) is 0 Å². The SMILES string of the molecule is CCOC(=O)c1cc([C@H](C)c2ccccc2)sc1NC(=O)CC(C)(C)C. The highest BCUT2D eigenvalue weighted by atomic mass is 32.1. The van der Waals surface area contributed by atoms with E-state index in [0.29, 0.717) is 23.6 Å². The average Bonchev–Trinajstić information content (AvgIpc) is 2.97. The summed E-state index contributed by atoms with van der Waals surface area (Å²) in [7, 11) is 0. The summed E-state index contributed by atoms with van der Waals surface area (Å²) >= 11 is 1.44.